The maximum absolute atomic E-state index is 12.4. The monoisotopic (exact) mass is 782 g/mol. The highest BCUT2D eigenvalue weighted by Gasteiger charge is 2.17. The maximum atomic E-state index is 12.4. The van der Waals surface area contributed by atoms with Gasteiger partial charge in [-0.1, -0.05) is 192 Å². The van der Waals surface area contributed by atoms with Gasteiger partial charge in [-0.3, -0.25) is 4.79 Å². The molecule has 1 amide bonds. The first-order valence-electron chi connectivity index (χ1n) is 22.5. The number of hydrogen-bond acceptors (Lipinski definition) is 3. The third kappa shape index (κ3) is 43.2. The zero-order valence-corrected chi connectivity index (χ0v) is 36.3. The summed E-state index contributed by atoms with van der Waals surface area (Å²) in [5, 5.41) is 22.9. The van der Waals surface area contributed by atoms with Crippen molar-refractivity contribution in [2.75, 3.05) is 6.61 Å². The number of carbonyl (C=O) groups excluding carboxylic acids is 1. The first-order chi connectivity index (χ1) is 28.2. The van der Waals surface area contributed by atoms with Crippen molar-refractivity contribution in [2.24, 2.45) is 0 Å². The second-order valence-electron chi connectivity index (χ2n) is 14.4. The van der Waals surface area contributed by atoms with Crippen molar-refractivity contribution in [3.8, 4) is 0 Å². The highest BCUT2D eigenvalue weighted by Crippen LogP contribution is 2.09. The predicted molar refractivity (Wildman–Crippen MR) is 252 cm³/mol. The first-order valence-corrected chi connectivity index (χ1v) is 22.5. The van der Waals surface area contributed by atoms with Gasteiger partial charge in [0.15, 0.2) is 0 Å². The molecule has 0 spiro atoms. The zero-order chi connectivity index (χ0) is 41.4. The molecule has 0 rings (SSSR count). The minimum atomic E-state index is -0.888. The molecule has 2 unspecified atom stereocenters. The molecule has 0 aromatic carbocycles. The Labute approximate surface area is 351 Å². The van der Waals surface area contributed by atoms with E-state index in [0.29, 0.717) is 6.42 Å². The van der Waals surface area contributed by atoms with Gasteiger partial charge in [0.2, 0.25) is 5.91 Å². The fourth-order valence-corrected chi connectivity index (χ4v) is 5.60. The number of carbonyl (C=O) groups is 1. The lowest BCUT2D eigenvalue weighted by atomic mass is 10.1. The van der Waals surface area contributed by atoms with Gasteiger partial charge in [-0.25, -0.2) is 0 Å². The molecule has 318 valence electrons. The summed E-state index contributed by atoms with van der Waals surface area (Å²) >= 11 is 0. The van der Waals surface area contributed by atoms with Crippen molar-refractivity contribution >= 4 is 5.91 Å². The zero-order valence-electron chi connectivity index (χ0n) is 36.3. The van der Waals surface area contributed by atoms with E-state index in [9.17, 15) is 15.0 Å². The number of unbranched alkanes of at least 4 members (excludes halogenated alkanes) is 9. The molecule has 0 fully saturated rings. The minimum Gasteiger partial charge on any atom is -0.394 e. The van der Waals surface area contributed by atoms with Gasteiger partial charge in [0.1, 0.15) is 0 Å². The topological polar surface area (TPSA) is 69.6 Å². The number of aliphatic hydroxyl groups is 2. The van der Waals surface area contributed by atoms with E-state index in [0.717, 1.165) is 116 Å². The van der Waals surface area contributed by atoms with Crippen LogP contribution in [-0.2, 0) is 4.79 Å². The van der Waals surface area contributed by atoms with Gasteiger partial charge in [0.25, 0.3) is 0 Å². The molecule has 0 aromatic heterocycles. The molecule has 0 heterocycles. The van der Waals surface area contributed by atoms with Crippen molar-refractivity contribution in [2.45, 2.75) is 174 Å². The molecule has 2 atom stereocenters. The van der Waals surface area contributed by atoms with Crippen LogP contribution in [0.2, 0.25) is 0 Å². The Morgan fingerprint density at radius 3 is 1.23 bits per heavy atom. The third-order valence-corrected chi connectivity index (χ3v) is 9.03. The van der Waals surface area contributed by atoms with Gasteiger partial charge in [-0.2, -0.15) is 0 Å². The molecule has 0 aliphatic rings. The number of aliphatic hydroxyl groups excluding tert-OH is 2. The van der Waals surface area contributed by atoms with E-state index in [4.69, 9.17) is 0 Å². The Balaban J connectivity index is 3.75. The number of hydrogen-bond donors (Lipinski definition) is 3. The van der Waals surface area contributed by atoms with Gasteiger partial charge in [-0.05, 0) is 109 Å². The van der Waals surface area contributed by atoms with E-state index in [1.807, 2.05) is 6.08 Å². The van der Waals surface area contributed by atoms with E-state index in [-0.39, 0.29) is 12.5 Å². The molecule has 3 N–H and O–H groups in total. The Bertz CT molecular complexity index is 1250. The summed E-state index contributed by atoms with van der Waals surface area (Å²) in [5.74, 6) is -0.107. The predicted octanol–water partition coefficient (Wildman–Crippen LogP) is 14.5. The van der Waals surface area contributed by atoms with Gasteiger partial charge < -0.3 is 15.5 Å². The van der Waals surface area contributed by atoms with Gasteiger partial charge in [-0.15, -0.1) is 0 Å². The molecule has 4 nitrogen and oxygen atoms in total. The molecule has 0 bridgehead atoms. The summed E-state index contributed by atoms with van der Waals surface area (Å²) in [6, 6.07) is -0.666. The number of allylic oxidation sites excluding steroid dienone is 23. The summed E-state index contributed by atoms with van der Waals surface area (Å²) in [6.45, 7) is 4.09. The van der Waals surface area contributed by atoms with Crippen LogP contribution in [0.3, 0.4) is 0 Å². The van der Waals surface area contributed by atoms with Crippen LogP contribution in [0.15, 0.2) is 146 Å². The largest absolute Gasteiger partial charge is 0.394 e. The minimum absolute atomic E-state index is 0.107. The average Bonchev–Trinajstić information content (AvgIpc) is 3.22. The summed E-state index contributed by atoms with van der Waals surface area (Å²) in [4.78, 5) is 12.4. The fraction of sp³-hybridized carbons (Fsp3) is 0.528. The number of nitrogens with one attached hydrogen (secondary N) is 1. The molecular formula is C53H83NO3. The van der Waals surface area contributed by atoms with Gasteiger partial charge >= 0.3 is 0 Å². The highest BCUT2D eigenvalue weighted by molar-refractivity contribution is 5.76. The van der Waals surface area contributed by atoms with Gasteiger partial charge in [0, 0.05) is 6.42 Å². The fourth-order valence-electron chi connectivity index (χ4n) is 5.60. The van der Waals surface area contributed by atoms with E-state index in [2.05, 4.69) is 153 Å². The van der Waals surface area contributed by atoms with Crippen molar-refractivity contribution in [1.29, 1.82) is 0 Å². The van der Waals surface area contributed by atoms with Gasteiger partial charge in [0.05, 0.1) is 18.8 Å². The molecule has 0 aliphatic carbocycles. The normalized spacial score (nSPS) is 14.4. The van der Waals surface area contributed by atoms with Crippen LogP contribution in [0, 0.1) is 0 Å². The standard InChI is InChI=1S/C53H83NO3/c1-3-5-7-9-11-13-15-17-18-19-20-21-22-23-24-25-26-27-28-29-30-31-32-33-34-35-36-37-39-41-43-45-47-49-53(57)54-51(50-55)52(56)48-46-44-42-40-38-16-14-12-10-8-6-4-2/h5,7,10-13,17-18,20-21,23-24,26-27,29-30,32-33,35-36,38,40,46,48,51-52,55-56H,3-4,6,8-9,14-16,19,22,25,28,31,34,37,39,41-45,47,49-50H2,1-2H3,(H,54,57)/b7-5-,12-10+,13-11-,18-17-,21-20-,24-23-,27-26-,30-29-,33-32-,36-35-,40-38+,48-46+. The molecule has 0 aromatic rings. The lowest BCUT2D eigenvalue weighted by Gasteiger charge is -2.19. The van der Waals surface area contributed by atoms with Crippen molar-refractivity contribution in [1.82, 2.24) is 5.32 Å². The summed E-state index contributed by atoms with van der Waals surface area (Å²) < 4.78 is 0. The quantitative estimate of drug-likeness (QED) is 0.0432. The van der Waals surface area contributed by atoms with Crippen LogP contribution in [0.4, 0.5) is 0 Å². The lowest BCUT2D eigenvalue weighted by Crippen LogP contribution is -2.45. The van der Waals surface area contributed by atoms with Crippen molar-refractivity contribution < 1.29 is 15.0 Å². The van der Waals surface area contributed by atoms with Crippen molar-refractivity contribution in [3.63, 3.8) is 0 Å². The second-order valence-corrected chi connectivity index (χ2v) is 14.4. The summed E-state index contributed by atoms with van der Waals surface area (Å²) in [7, 11) is 0. The molecular weight excluding hydrogens is 699 g/mol. The highest BCUT2D eigenvalue weighted by atomic mass is 16.3. The summed E-state index contributed by atoms with van der Waals surface area (Å²) in [6.07, 6.45) is 75.3. The number of rotatable bonds is 38. The van der Waals surface area contributed by atoms with Crippen LogP contribution >= 0.6 is 0 Å². The molecule has 0 saturated heterocycles. The van der Waals surface area contributed by atoms with Crippen molar-refractivity contribution in [3.05, 3.63) is 146 Å². The summed E-state index contributed by atoms with van der Waals surface area (Å²) in [5.41, 5.74) is 0. The first kappa shape index (κ1) is 53.3. The molecule has 57 heavy (non-hydrogen) atoms. The maximum Gasteiger partial charge on any atom is 0.220 e. The van der Waals surface area contributed by atoms with Crippen LogP contribution in [0.25, 0.3) is 0 Å². The molecule has 0 saturated carbocycles. The second kappa shape index (κ2) is 46.7. The van der Waals surface area contributed by atoms with Crippen LogP contribution in [0.1, 0.15) is 162 Å². The van der Waals surface area contributed by atoms with Crippen LogP contribution in [-0.4, -0.2) is 34.9 Å². The number of amides is 1. The SMILES string of the molecule is CC/C=C\C/C=C\C/C=C\C/C=C\C/C=C\C/C=C\C/C=C\C/C=C\C/C=C\CCCCCCCC(=O)NC(CO)C(O)/C=C/CC/C=C/CC/C=C/CCCC. The van der Waals surface area contributed by atoms with E-state index in [1.54, 1.807) is 6.08 Å². The van der Waals surface area contributed by atoms with E-state index < -0.39 is 12.1 Å². The van der Waals surface area contributed by atoms with E-state index in [1.165, 1.54) is 25.7 Å². The third-order valence-electron chi connectivity index (χ3n) is 9.03. The van der Waals surface area contributed by atoms with Crippen LogP contribution in [0.5, 0.6) is 0 Å². The molecule has 4 heteroatoms. The Kier molecular flexibility index (Phi) is 43.6. The Morgan fingerprint density at radius 1 is 0.439 bits per heavy atom. The Morgan fingerprint density at radius 2 is 0.789 bits per heavy atom. The molecule has 0 radical (unpaired) electrons. The molecule has 0 aliphatic heterocycles. The van der Waals surface area contributed by atoms with E-state index >= 15 is 0 Å². The van der Waals surface area contributed by atoms with Crippen LogP contribution < -0.4 is 5.32 Å². The average molecular weight is 782 g/mol. The smallest absolute Gasteiger partial charge is 0.220 e. The Hall–Kier alpha value is -3.73. The lowest BCUT2D eigenvalue weighted by molar-refractivity contribution is -0.123.